The van der Waals surface area contributed by atoms with Crippen LogP contribution in [0, 0.1) is 10.1 Å². The minimum atomic E-state index is -0.478. The molecule has 1 aromatic rings. The molecular weight excluding hydrogens is 260 g/mol. The molecule has 0 saturated heterocycles. The molecule has 7 nitrogen and oxygen atoms in total. The third kappa shape index (κ3) is 6.63. The first kappa shape index (κ1) is 20.8. The number of imidazole rings is 1. The Bertz CT molecular complexity index is 389. The van der Waals surface area contributed by atoms with Gasteiger partial charge in [-0.15, -0.1) is 0 Å². The molecular formula is C13H29N4O3+. The summed E-state index contributed by atoms with van der Waals surface area (Å²) >= 11 is 0. The van der Waals surface area contributed by atoms with Gasteiger partial charge in [0.2, 0.25) is 6.33 Å². The van der Waals surface area contributed by atoms with E-state index in [0.29, 0.717) is 23.3 Å². The van der Waals surface area contributed by atoms with E-state index in [1.807, 2.05) is 41.8 Å². The van der Waals surface area contributed by atoms with E-state index in [0.717, 1.165) is 0 Å². The van der Waals surface area contributed by atoms with Crippen molar-refractivity contribution in [1.29, 1.82) is 0 Å². The topological polar surface area (TPSA) is 81.2 Å². The first-order valence-electron chi connectivity index (χ1n) is 6.95. The average Bonchev–Trinajstić information content (AvgIpc) is 2.75. The van der Waals surface area contributed by atoms with Gasteiger partial charge >= 0.3 is 5.82 Å². The van der Waals surface area contributed by atoms with Crippen molar-refractivity contribution >= 4 is 5.82 Å². The minimum absolute atomic E-state index is 0.0542. The van der Waals surface area contributed by atoms with Crippen LogP contribution in [0.25, 0.3) is 0 Å². The van der Waals surface area contributed by atoms with Crippen LogP contribution < -0.4 is 0 Å². The number of aliphatic hydroxyl groups is 1. The minimum Gasteiger partial charge on any atom is -0.391 e. The smallest absolute Gasteiger partial charge is 0.390 e. The van der Waals surface area contributed by atoms with Crippen molar-refractivity contribution in [1.82, 2.24) is 9.55 Å². The van der Waals surface area contributed by atoms with Crippen LogP contribution in [0.4, 0.5) is 5.82 Å². The van der Waals surface area contributed by atoms with Crippen LogP contribution in [0.1, 0.15) is 33.4 Å². The number of hydrogen-bond acceptors (Lipinski definition) is 4. The summed E-state index contributed by atoms with van der Waals surface area (Å²) in [7, 11) is 5.55. The van der Waals surface area contributed by atoms with Gasteiger partial charge in [0.05, 0.1) is 20.7 Å². The van der Waals surface area contributed by atoms with Crippen molar-refractivity contribution in [3.05, 3.63) is 22.1 Å². The molecule has 0 aromatic carbocycles. The predicted molar refractivity (Wildman–Crippen MR) is 80.3 cm³/mol. The van der Waals surface area contributed by atoms with E-state index in [4.69, 9.17) is 5.11 Å². The normalized spacial score (nSPS) is 10.0. The second kappa shape index (κ2) is 10.3. The van der Waals surface area contributed by atoms with Gasteiger partial charge in [-0.3, -0.25) is 0 Å². The molecule has 20 heavy (non-hydrogen) atoms. The van der Waals surface area contributed by atoms with Crippen molar-refractivity contribution in [2.24, 2.45) is 7.05 Å². The SMILES string of the molecule is CC.CC.Cn1cnc([N+](=O)[O-])c1C[N+](C)(C)CCO. The Morgan fingerprint density at radius 2 is 1.85 bits per heavy atom. The third-order valence-corrected chi connectivity index (χ3v) is 2.49. The van der Waals surface area contributed by atoms with Gasteiger partial charge in [0.25, 0.3) is 0 Å². The van der Waals surface area contributed by atoms with Crippen molar-refractivity contribution in [2.75, 3.05) is 27.2 Å². The second-order valence-electron chi connectivity index (χ2n) is 4.42. The fourth-order valence-electron chi connectivity index (χ4n) is 1.53. The fraction of sp³-hybridized carbons (Fsp3) is 0.769. The Labute approximate surface area is 121 Å². The molecule has 0 saturated carbocycles. The van der Waals surface area contributed by atoms with E-state index in [1.54, 1.807) is 11.6 Å². The highest BCUT2D eigenvalue weighted by molar-refractivity contribution is 5.26. The van der Waals surface area contributed by atoms with Crippen molar-refractivity contribution in [3.63, 3.8) is 0 Å². The second-order valence-corrected chi connectivity index (χ2v) is 4.42. The Morgan fingerprint density at radius 1 is 1.35 bits per heavy atom. The average molecular weight is 289 g/mol. The zero-order valence-corrected chi connectivity index (χ0v) is 13.8. The summed E-state index contributed by atoms with van der Waals surface area (Å²) in [5.41, 5.74) is 0.573. The van der Waals surface area contributed by atoms with E-state index in [1.165, 1.54) is 6.33 Å². The molecule has 0 spiro atoms. The maximum absolute atomic E-state index is 10.8. The van der Waals surface area contributed by atoms with Crippen LogP contribution in [0.3, 0.4) is 0 Å². The molecule has 0 bridgehead atoms. The predicted octanol–water partition coefficient (Wildman–Crippen LogP) is 1.95. The van der Waals surface area contributed by atoms with Gasteiger partial charge in [-0.05, 0) is 9.91 Å². The molecule has 1 aromatic heterocycles. The lowest BCUT2D eigenvalue weighted by Crippen LogP contribution is -2.41. The summed E-state index contributed by atoms with van der Waals surface area (Å²) in [5.74, 6) is -0.105. The quantitative estimate of drug-likeness (QED) is 0.510. The van der Waals surface area contributed by atoms with Gasteiger partial charge in [-0.2, -0.15) is 0 Å². The third-order valence-electron chi connectivity index (χ3n) is 2.49. The molecule has 7 heteroatoms. The summed E-state index contributed by atoms with van der Waals surface area (Å²) in [5, 5.41) is 19.7. The summed E-state index contributed by atoms with van der Waals surface area (Å²) in [4.78, 5) is 14.0. The van der Waals surface area contributed by atoms with Crippen LogP contribution in [0.5, 0.6) is 0 Å². The Kier molecular flexibility index (Phi) is 10.8. The van der Waals surface area contributed by atoms with Crippen molar-refractivity contribution in [2.45, 2.75) is 34.2 Å². The van der Waals surface area contributed by atoms with Gasteiger partial charge in [0.15, 0.2) is 5.69 Å². The molecule has 1 N–H and O–H groups in total. The first-order chi connectivity index (χ1) is 9.37. The lowest BCUT2D eigenvalue weighted by Gasteiger charge is -2.28. The zero-order valence-electron chi connectivity index (χ0n) is 13.8. The van der Waals surface area contributed by atoms with E-state index >= 15 is 0 Å². The molecule has 1 rings (SSSR count). The van der Waals surface area contributed by atoms with E-state index in [-0.39, 0.29) is 12.4 Å². The van der Waals surface area contributed by atoms with Crippen LogP contribution >= 0.6 is 0 Å². The molecule has 0 aliphatic rings. The number of hydrogen-bond donors (Lipinski definition) is 1. The summed E-state index contributed by atoms with van der Waals surface area (Å²) in [6.07, 6.45) is 1.44. The Balaban J connectivity index is 0. The van der Waals surface area contributed by atoms with E-state index in [2.05, 4.69) is 4.98 Å². The number of quaternary nitrogens is 1. The number of nitro groups is 1. The molecule has 0 amide bonds. The van der Waals surface area contributed by atoms with Crippen LogP contribution in [0.15, 0.2) is 6.33 Å². The van der Waals surface area contributed by atoms with Gasteiger partial charge in [0.1, 0.15) is 13.1 Å². The highest BCUT2D eigenvalue weighted by Gasteiger charge is 2.26. The highest BCUT2D eigenvalue weighted by Crippen LogP contribution is 2.18. The molecule has 0 unspecified atom stereocenters. The molecule has 0 aliphatic heterocycles. The first-order valence-corrected chi connectivity index (χ1v) is 6.95. The summed E-state index contributed by atoms with van der Waals surface area (Å²) < 4.78 is 2.13. The zero-order chi connectivity index (χ0) is 16.3. The van der Waals surface area contributed by atoms with Gasteiger partial charge in [-0.25, -0.2) is 0 Å². The van der Waals surface area contributed by atoms with E-state index < -0.39 is 4.92 Å². The molecule has 1 heterocycles. The van der Waals surface area contributed by atoms with Crippen LogP contribution in [-0.2, 0) is 13.6 Å². The molecule has 0 fully saturated rings. The van der Waals surface area contributed by atoms with Gasteiger partial charge in [-0.1, -0.05) is 27.7 Å². The maximum Gasteiger partial charge on any atom is 0.390 e. The number of aliphatic hydroxyl groups excluding tert-OH is 1. The highest BCUT2D eigenvalue weighted by atomic mass is 16.6. The standard InChI is InChI=1S/C9H17N4O3.2C2H6/c1-11-7-10-9(12(15)16)8(11)6-13(2,3)4-5-14;2*1-2/h7,14H,4-6H2,1-3H3;2*1-2H3/q+1;;. The monoisotopic (exact) mass is 289 g/mol. The van der Waals surface area contributed by atoms with E-state index in [9.17, 15) is 10.1 Å². The lowest BCUT2D eigenvalue weighted by atomic mass is 10.3. The largest absolute Gasteiger partial charge is 0.391 e. The van der Waals surface area contributed by atoms with Crippen LogP contribution in [0.2, 0.25) is 0 Å². The Hall–Kier alpha value is -1.47. The molecule has 0 aliphatic carbocycles. The summed E-state index contributed by atoms with van der Waals surface area (Å²) in [6, 6.07) is 0. The number of rotatable bonds is 5. The van der Waals surface area contributed by atoms with Gasteiger partial charge < -0.3 is 24.3 Å². The fourth-order valence-corrected chi connectivity index (χ4v) is 1.53. The van der Waals surface area contributed by atoms with Crippen molar-refractivity contribution in [3.8, 4) is 0 Å². The molecule has 0 atom stereocenters. The number of nitrogens with zero attached hydrogens (tertiary/aromatic N) is 4. The molecule has 118 valence electrons. The van der Waals surface area contributed by atoms with Crippen molar-refractivity contribution < 1.29 is 14.5 Å². The summed E-state index contributed by atoms with van der Waals surface area (Å²) in [6.45, 7) is 9.06. The number of likely N-dealkylation sites (N-methyl/N-ethyl adjacent to an activating group) is 1. The maximum atomic E-state index is 10.8. The number of aryl methyl sites for hydroxylation is 1. The van der Waals surface area contributed by atoms with Crippen LogP contribution in [-0.4, -0.2) is 51.3 Å². The Morgan fingerprint density at radius 3 is 2.25 bits per heavy atom. The van der Waals surface area contributed by atoms with Gasteiger partial charge in [0, 0.05) is 7.05 Å². The molecule has 0 radical (unpaired) electrons. The lowest BCUT2D eigenvalue weighted by molar-refractivity contribution is -0.904. The number of aromatic nitrogens is 2.